The molecule has 0 saturated heterocycles. The monoisotopic (exact) mass is 275 g/mol. The van der Waals surface area contributed by atoms with Crippen LogP contribution >= 0.6 is 0 Å². The molecule has 1 aliphatic heterocycles. The van der Waals surface area contributed by atoms with Gasteiger partial charge in [-0.1, -0.05) is 25.8 Å². The third-order valence-electron chi connectivity index (χ3n) is 5.29. The molecule has 1 unspecified atom stereocenters. The second-order valence-electron chi connectivity index (χ2n) is 6.62. The Morgan fingerprint density at radius 3 is 2.85 bits per heavy atom. The molecule has 0 amide bonds. The fourth-order valence-corrected chi connectivity index (χ4v) is 3.66. The lowest BCUT2D eigenvalue weighted by Crippen LogP contribution is -2.40. The highest BCUT2D eigenvalue weighted by atomic mass is 16.5. The van der Waals surface area contributed by atoms with Crippen LogP contribution in [0.3, 0.4) is 0 Å². The molecule has 1 saturated carbocycles. The Kier molecular flexibility index (Phi) is 3.74. The molecule has 1 heterocycles. The van der Waals surface area contributed by atoms with Gasteiger partial charge in [-0.25, -0.2) is 0 Å². The van der Waals surface area contributed by atoms with Crippen LogP contribution in [0.4, 0.5) is 0 Å². The van der Waals surface area contributed by atoms with Crippen LogP contribution in [-0.4, -0.2) is 18.3 Å². The number of benzene rings is 1. The molecule has 2 aliphatic rings. The van der Waals surface area contributed by atoms with Crippen molar-refractivity contribution in [3.8, 4) is 5.75 Å². The van der Waals surface area contributed by atoms with Gasteiger partial charge in [-0.3, -0.25) is 0 Å². The normalized spacial score (nSPS) is 30.6. The third-order valence-corrected chi connectivity index (χ3v) is 5.29. The van der Waals surface area contributed by atoms with Crippen molar-refractivity contribution in [2.45, 2.75) is 45.1 Å². The van der Waals surface area contributed by atoms with Gasteiger partial charge < -0.3 is 15.6 Å². The maximum Gasteiger partial charge on any atom is 0.122 e. The van der Waals surface area contributed by atoms with E-state index in [1.807, 2.05) is 12.1 Å². The van der Waals surface area contributed by atoms with Gasteiger partial charge in [-0.05, 0) is 42.0 Å². The first-order valence-corrected chi connectivity index (χ1v) is 7.78. The van der Waals surface area contributed by atoms with Gasteiger partial charge in [0.15, 0.2) is 0 Å². The van der Waals surface area contributed by atoms with Gasteiger partial charge >= 0.3 is 0 Å². The highest BCUT2D eigenvalue weighted by molar-refractivity contribution is 5.41. The van der Waals surface area contributed by atoms with E-state index in [-0.39, 0.29) is 5.41 Å². The van der Waals surface area contributed by atoms with Crippen molar-refractivity contribution < 1.29 is 9.84 Å². The number of nitrogens with two attached hydrogens (primary N) is 1. The lowest BCUT2D eigenvalue weighted by atomic mass is 9.66. The van der Waals surface area contributed by atoms with E-state index < -0.39 is 6.10 Å². The molecule has 3 nitrogen and oxygen atoms in total. The molecule has 0 radical (unpaired) electrons. The quantitative estimate of drug-likeness (QED) is 0.892. The molecular formula is C17H25NO2. The summed E-state index contributed by atoms with van der Waals surface area (Å²) in [6, 6.07) is 6.11. The number of rotatable bonds is 3. The molecule has 1 aromatic rings. The van der Waals surface area contributed by atoms with Crippen LogP contribution in [0.25, 0.3) is 0 Å². The van der Waals surface area contributed by atoms with E-state index in [1.165, 1.54) is 18.4 Å². The molecule has 3 N–H and O–H groups in total. The van der Waals surface area contributed by atoms with Gasteiger partial charge in [0.25, 0.3) is 0 Å². The first kappa shape index (κ1) is 13.9. The Balaban J connectivity index is 1.85. The van der Waals surface area contributed by atoms with Crippen molar-refractivity contribution in [2.75, 3.05) is 13.2 Å². The van der Waals surface area contributed by atoms with Crippen LogP contribution in [0.1, 0.15) is 49.8 Å². The van der Waals surface area contributed by atoms with Crippen molar-refractivity contribution in [1.29, 1.82) is 0 Å². The molecule has 3 rings (SSSR count). The lowest BCUT2D eigenvalue weighted by molar-refractivity contribution is -0.00822. The molecule has 110 valence electrons. The molecule has 3 heteroatoms. The zero-order chi connectivity index (χ0) is 14.2. The first-order chi connectivity index (χ1) is 9.64. The SMILES string of the molecule is CC1CCC(CN)(C(O)c2ccc3c(c2)CCO3)CC1. The first-order valence-electron chi connectivity index (χ1n) is 7.78. The standard InChI is InChI=1S/C17H25NO2/c1-12-4-7-17(11-18,8-5-12)16(19)14-2-3-15-13(10-14)6-9-20-15/h2-3,10,12,16,19H,4-9,11,18H2,1H3. The average molecular weight is 275 g/mol. The van der Waals surface area contributed by atoms with Gasteiger partial charge in [-0.15, -0.1) is 0 Å². The zero-order valence-electron chi connectivity index (χ0n) is 12.3. The maximum absolute atomic E-state index is 10.9. The molecule has 20 heavy (non-hydrogen) atoms. The van der Waals surface area contributed by atoms with Gasteiger partial charge in [0.2, 0.25) is 0 Å². The summed E-state index contributed by atoms with van der Waals surface area (Å²) >= 11 is 0. The molecule has 1 aliphatic carbocycles. The summed E-state index contributed by atoms with van der Waals surface area (Å²) < 4.78 is 5.54. The van der Waals surface area contributed by atoms with E-state index in [0.717, 1.165) is 43.1 Å². The number of fused-ring (bicyclic) bond motifs is 1. The Labute approximate surface area is 121 Å². The van der Waals surface area contributed by atoms with E-state index in [0.29, 0.717) is 6.54 Å². The number of aliphatic hydroxyl groups is 1. The summed E-state index contributed by atoms with van der Waals surface area (Å²) in [4.78, 5) is 0. The van der Waals surface area contributed by atoms with Crippen LogP contribution < -0.4 is 10.5 Å². The van der Waals surface area contributed by atoms with E-state index >= 15 is 0 Å². The Hall–Kier alpha value is -1.06. The number of hydrogen-bond acceptors (Lipinski definition) is 3. The molecule has 0 bridgehead atoms. The molecule has 1 atom stereocenters. The molecule has 0 spiro atoms. The van der Waals surface area contributed by atoms with Gasteiger partial charge in [0.1, 0.15) is 5.75 Å². The van der Waals surface area contributed by atoms with Crippen molar-refractivity contribution in [3.63, 3.8) is 0 Å². The second-order valence-corrected chi connectivity index (χ2v) is 6.62. The lowest BCUT2D eigenvalue weighted by Gasteiger charge is -2.42. The largest absolute Gasteiger partial charge is 0.493 e. The van der Waals surface area contributed by atoms with Crippen molar-refractivity contribution in [3.05, 3.63) is 29.3 Å². The fraction of sp³-hybridized carbons (Fsp3) is 0.647. The third kappa shape index (κ3) is 2.33. The minimum Gasteiger partial charge on any atom is -0.493 e. The Bertz CT molecular complexity index is 478. The Morgan fingerprint density at radius 2 is 2.15 bits per heavy atom. The summed E-state index contributed by atoms with van der Waals surface area (Å²) in [6.07, 6.45) is 4.89. The van der Waals surface area contributed by atoms with Crippen LogP contribution in [0, 0.1) is 11.3 Å². The molecule has 0 aromatic heterocycles. The minimum absolute atomic E-state index is 0.139. The molecular weight excluding hydrogens is 250 g/mol. The smallest absolute Gasteiger partial charge is 0.122 e. The van der Waals surface area contributed by atoms with E-state index in [1.54, 1.807) is 0 Å². The van der Waals surface area contributed by atoms with Crippen LogP contribution in [0.5, 0.6) is 5.75 Å². The number of ether oxygens (including phenoxy) is 1. The van der Waals surface area contributed by atoms with Crippen LogP contribution in [-0.2, 0) is 6.42 Å². The highest BCUT2D eigenvalue weighted by Crippen LogP contribution is 2.47. The van der Waals surface area contributed by atoms with Gasteiger partial charge in [0, 0.05) is 18.4 Å². The summed E-state index contributed by atoms with van der Waals surface area (Å²) in [5, 5.41) is 10.9. The van der Waals surface area contributed by atoms with E-state index in [2.05, 4.69) is 13.0 Å². The van der Waals surface area contributed by atoms with Crippen molar-refractivity contribution in [1.82, 2.24) is 0 Å². The Morgan fingerprint density at radius 1 is 1.40 bits per heavy atom. The molecule has 1 aromatic carbocycles. The minimum atomic E-state index is -0.453. The summed E-state index contributed by atoms with van der Waals surface area (Å²) in [5.41, 5.74) is 8.14. The summed E-state index contributed by atoms with van der Waals surface area (Å²) in [7, 11) is 0. The van der Waals surface area contributed by atoms with E-state index in [9.17, 15) is 5.11 Å². The van der Waals surface area contributed by atoms with E-state index in [4.69, 9.17) is 10.5 Å². The van der Waals surface area contributed by atoms with Crippen molar-refractivity contribution in [2.24, 2.45) is 17.1 Å². The highest BCUT2D eigenvalue weighted by Gasteiger charge is 2.40. The average Bonchev–Trinajstić information content (AvgIpc) is 2.95. The second kappa shape index (κ2) is 5.38. The number of aliphatic hydroxyl groups excluding tert-OH is 1. The molecule has 1 fully saturated rings. The maximum atomic E-state index is 10.9. The van der Waals surface area contributed by atoms with Crippen molar-refractivity contribution >= 4 is 0 Å². The van der Waals surface area contributed by atoms with Gasteiger partial charge in [0.05, 0.1) is 12.7 Å². The number of hydrogen-bond donors (Lipinski definition) is 2. The topological polar surface area (TPSA) is 55.5 Å². The predicted molar refractivity (Wildman–Crippen MR) is 79.7 cm³/mol. The van der Waals surface area contributed by atoms with Gasteiger partial charge in [-0.2, -0.15) is 0 Å². The summed E-state index contributed by atoms with van der Waals surface area (Å²) in [5.74, 6) is 1.73. The summed E-state index contributed by atoms with van der Waals surface area (Å²) in [6.45, 7) is 3.61. The van der Waals surface area contributed by atoms with Crippen LogP contribution in [0.15, 0.2) is 18.2 Å². The predicted octanol–water partition coefficient (Wildman–Crippen LogP) is 2.81. The van der Waals surface area contributed by atoms with Crippen LogP contribution in [0.2, 0.25) is 0 Å². The fourth-order valence-electron chi connectivity index (χ4n) is 3.66. The zero-order valence-corrected chi connectivity index (χ0v) is 12.3.